The van der Waals surface area contributed by atoms with E-state index in [0.717, 1.165) is 6.07 Å². The third-order valence-electron chi connectivity index (χ3n) is 3.88. The summed E-state index contributed by atoms with van der Waals surface area (Å²) in [6.07, 6.45) is -0.635. The average Bonchev–Trinajstić information content (AvgIpc) is 2.59. The molecule has 2 aromatic rings. The number of aromatic hydroxyl groups is 1. The van der Waals surface area contributed by atoms with Gasteiger partial charge in [-0.1, -0.05) is 24.3 Å². The number of hydrogen-bond donors (Lipinski definition) is 3. The van der Waals surface area contributed by atoms with Crippen molar-refractivity contribution in [3.05, 3.63) is 58.7 Å². The summed E-state index contributed by atoms with van der Waals surface area (Å²) in [5.41, 5.74) is 0.612. The van der Waals surface area contributed by atoms with Crippen LogP contribution in [0.5, 0.6) is 5.75 Å². The van der Waals surface area contributed by atoms with Crippen LogP contribution in [0.3, 0.4) is 0 Å². The third-order valence-corrected chi connectivity index (χ3v) is 3.88. The van der Waals surface area contributed by atoms with Crippen LogP contribution in [-0.4, -0.2) is 33.7 Å². The molecule has 1 aliphatic rings. The Morgan fingerprint density at radius 2 is 1.44 bits per heavy atom. The molecule has 7 nitrogen and oxygen atoms in total. The Hall–Kier alpha value is -3.48. The maximum Gasteiger partial charge on any atom is 0.303 e. The smallest absolute Gasteiger partial charge is 0.303 e. The van der Waals surface area contributed by atoms with E-state index in [1.807, 2.05) is 0 Å². The lowest BCUT2D eigenvalue weighted by molar-refractivity contribution is -0.138. The van der Waals surface area contributed by atoms with Crippen LogP contribution in [0.1, 0.15) is 44.7 Å². The van der Waals surface area contributed by atoms with Crippen molar-refractivity contribution in [2.45, 2.75) is 12.8 Å². The minimum Gasteiger partial charge on any atom is -0.506 e. The monoisotopic (exact) mass is 339 g/mol. The van der Waals surface area contributed by atoms with Crippen molar-refractivity contribution in [3.63, 3.8) is 0 Å². The second kappa shape index (κ2) is 6.20. The first-order valence-electron chi connectivity index (χ1n) is 7.45. The lowest BCUT2D eigenvalue weighted by atomic mass is 9.83. The molecular weight excluding hydrogens is 326 g/mol. The summed E-state index contributed by atoms with van der Waals surface area (Å²) in [6.45, 7) is 0. The molecule has 0 spiro atoms. The number of nitrogens with one attached hydrogen (secondary N) is 1. The Morgan fingerprint density at radius 3 is 2.00 bits per heavy atom. The number of phenols is 1. The molecule has 1 aliphatic carbocycles. The molecule has 3 rings (SSSR count). The molecule has 0 fully saturated rings. The van der Waals surface area contributed by atoms with Gasteiger partial charge in [-0.25, -0.2) is 0 Å². The summed E-state index contributed by atoms with van der Waals surface area (Å²) >= 11 is 0. The largest absolute Gasteiger partial charge is 0.506 e. The Morgan fingerprint density at radius 1 is 0.880 bits per heavy atom. The molecule has 1 amide bonds. The van der Waals surface area contributed by atoms with Gasteiger partial charge in [0.2, 0.25) is 5.91 Å². The second-order valence-corrected chi connectivity index (χ2v) is 5.56. The van der Waals surface area contributed by atoms with Gasteiger partial charge in [0.1, 0.15) is 5.75 Å². The maximum absolute atomic E-state index is 12.6. The van der Waals surface area contributed by atoms with Crippen LogP contribution in [0.15, 0.2) is 36.4 Å². The maximum atomic E-state index is 12.6. The summed E-state index contributed by atoms with van der Waals surface area (Å²) in [7, 11) is 0. The molecule has 0 atom stereocenters. The van der Waals surface area contributed by atoms with Crippen molar-refractivity contribution >= 4 is 29.1 Å². The van der Waals surface area contributed by atoms with E-state index < -0.39 is 11.9 Å². The van der Waals surface area contributed by atoms with Crippen LogP contribution in [0.2, 0.25) is 0 Å². The SMILES string of the molecule is O=C(O)CCC(=O)Nc1cc2c(cc1O)C(=O)c1ccccc1C2=O. The molecule has 0 unspecified atom stereocenters. The van der Waals surface area contributed by atoms with Crippen molar-refractivity contribution in [2.24, 2.45) is 0 Å². The molecule has 25 heavy (non-hydrogen) atoms. The van der Waals surface area contributed by atoms with Crippen molar-refractivity contribution in [1.82, 2.24) is 0 Å². The summed E-state index contributed by atoms with van der Waals surface area (Å²) in [6, 6.07) is 8.74. The van der Waals surface area contributed by atoms with Gasteiger partial charge in [-0.05, 0) is 12.1 Å². The van der Waals surface area contributed by atoms with Gasteiger partial charge in [-0.3, -0.25) is 19.2 Å². The van der Waals surface area contributed by atoms with E-state index >= 15 is 0 Å². The number of fused-ring (bicyclic) bond motifs is 2. The molecule has 0 radical (unpaired) electrons. The summed E-state index contributed by atoms with van der Waals surface area (Å²) < 4.78 is 0. The van der Waals surface area contributed by atoms with Gasteiger partial charge in [0.15, 0.2) is 11.6 Å². The number of carboxylic acids is 1. The third kappa shape index (κ3) is 2.99. The second-order valence-electron chi connectivity index (χ2n) is 5.56. The highest BCUT2D eigenvalue weighted by Gasteiger charge is 2.30. The number of phenolic OH excluding ortho intramolecular Hbond substituents is 1. The number of hydrogen-bond acceptors (Lipinski definition) is 5. The van der Waals surface area contributed by atoms with Gasteiger partial charge >= 0.3 is 5.97 Å². The number of benzene rings is 2. The van der Waals surface area contributed by atoms with Gasteiger partial charge in [-0.2, -0.15) is 0 Å². The lowest BCUT2D eigenvalue weighted by Gasteiger charge is -2.19. The first kappa shape index (κ1) is 16.4. The standard InChI is InChI=1S/C18H13NO6/c20-14-8-12-11(7-13(14)19-15(21)5-6-16(22)23)17(24)9-3-1-2-4-10(9)18(12)25/h1-4,7-8,20H,5-6H2,(H,19,21)(H,22,23). The fraction of sp³-hybridized carbons (Fsp3) is 0.111. The highest BCUT2D eigenvalue weighted by atomic mass is 16.4. The molecule has 0 aromatic heterocycles. The number of aliphatic carboxylic acids is 1. The Balaban J connectivity index is 1.96. The highest BCUT2D eigenvalue weighted by Crippen LogP contribution is 2.34. The van der Waals surface area contributed by atoms with Crippen LogP contribution in [0, 0.1) is 0 Å². The van der Waals surface area contributed by atoms with E-state index in [0.29, 0.717) is 0 Å². The zero-order valence-electron chi connectivity index (χ0n) is 12.9. The molecule has 0 saturated heterocycles. The zero-order chi connectivity index (χ0) is 18.1. The molecule has 2 aromatic carbocycles. The normalized spacial score (nSPS) is 12.3. The van der Waals surface area contributed by atoms with E-state index in [1.54, 1.807) is 12.1 Å². The van der Waals surface area contributed by atoms with Crippen molar-refractivity contribution in [1.29, 1.82) is 0 Å². The summed E-state index contributed by atoms with van der Waals surface area (Å²) in [5.74, 6) is -2.88. The van der Waals surface area contributed by atoms with Gasteiger partial charge in [-0.15, -0.1) is 0 Å². The zero-order valence-corrected chi connectivity index (χ0v) is 12.9. The number of carbonyl (C=O) groups excluding carboxylic acids is 3. The number of ketones is 2. The molecule has 0 aliphatic heterocycles. The van der Waals surface area contributed by atoms with Crippen LogP contribution < -0.4 is 5.32 Å². The van der Waals surface area contributed by atoms with E-state index in [4.69, 9.17) is 5.11 Å². The van der Waals surface area contributed by atoms with Gasteiger partial charge in [0, 0.05) is 28.7 Å². The van der Waals surface area contributed by atoms with E-state index in [-0.39, 0.29) is 58.1 Å². The fourth-order valence-corrected chi connectivity index (χ4v) is 2.67. The van der Waals surface area contributed by atoms with E-state index in [2.05, 4.69) is 5.32 Å². The molecular formula is C18H13NO6. The van der Waals surface area contributed by atoms with Crippen LogP contribution in [-0.2, 0) is 9.59 Å². The Kier molecular flexibility index (Phi) is 4.06. The molecule has 3 N–H and O–H groups in total. The summed E-state index contributed by atoms with van der Waals surface area (Å²) in [5, 5.41) is 21.0. The van der Waals surface area contributed by atoms with Crippen molar-refractivity contribution in [3.8, 4) is 5.75 Å². The molecule has 0 bridgehead atoms. The van der Waals surface area contributed by atoms with Crippen LogP contribution >= 0.6 is 0 Å². The highest BCUT2D eigenvalue weighted by molar-refractivity contribution is 6.29. The first-order chi connectivity index (χ1) is 11.9. The van der Waals surface area contributed by atoms with Crippen LogP contribution in [0.4, 0.5) is 5.69 Å². The minimum absolute atomic E-state index is 0.0466. The number of carbonyl (C=O) groups is 4. The Bertz CT molecular complexity index is 931. The number of anilines is 1. The van der Waals surface area contributed by atoms with Gasteiger partial charge < -0.3 is 15.5 Å². The number of carboxylic acid groups (broad SMARTS) is 1. The molecule has 0 saturated carbocycles. The average molecular weight is 339 g/mol. The minimum atomic E-state index is -1.12. The van der Waals surface area contributed by atoms with Crippen molar-refractivity contribution < 1.29 is 29.4 Å². The fourth-order valence-electron chi connectivity index (χ4n) is 2.67. The first-order valence-corrected chi connectivity index (χ1v) is 7.45. The number of rotatable bonds is 4. The summed E-state index contributed by atoms with van der Waals surface area (Å²) in [4.78, 5) is 47.3. The lowest BCUT2D eigenvalue weighted by Crippen LogP contribution is -2.21. The van der Waals surface area contributed by atoms with Crippen molar-refractivity contribution in [2.75, 3.05) is 5.32 Å². The topological polar surface area (TPSA) is 121 Å². The molecule has 126 valence electrons. The Labute approximate surface area is 141 Å². The predicted octanol–water partition coefficient (Wildman–Crippen LogP) is 1.97. The van der Waals surface area contributed by atoms with E-state index in [9.17, 15) is 24.3 Å². The number of amides is 1. The molecule has 7 heteroatoms. The quantitative estimate of drug-likeness (QED) is 0.625. The molecule has 0 heterocycles. The van der Waals surface area contributed by atoms with Gasteiger partial charge in [0.25, 0.3) is 0 Å². The predicted molar refractivity (Wildman–Crippen MR) is 86.9 cm³/mol. The van der Waals surface area contributed by atoms with Crippen LogP contribution in [0.25, 0.3) is 0 Å². The van der Waals surface area contributed by atoms with Gasteiger partial charge in [0.05, 0.1) is 12.1 Å². The van der Waals surface area contributed by atoms with E-state index in [1.165, 1.54) is 18.2 Å².